The summed E-state index contributed by atoms with van der Waals surface area (Å²) in [4.78, 5) is 27.9. The lowest BCUT2D eigenvalue weighted by atomic mass is 10.0. The Hall–Kier alpha value is -4.20. The van der Waals surface area contributed by atoms with E-state index < -0.39 is 23.4 Å². The number of hydrogen-bond acceptors (Lipinski definition) is 5. The number of carbonyl (C=O) groups excluding carboxylic acids is 2. The van der Waals surface area contributed by atoms with E-state index in [9.17, 15) is 18.4 Å². The maximum absolute atomic E-state index is 13.7. The number of imide groups is 1. The van der Waals surface area contributed by atoms with Crippen molar-refractivity contribution < 1.29 is 27.8 Å². The summed E-state index contributed by atoms with van der Waals surface area (Å²) in [7, 11) is 2.87. The summed E-state index contributed by atoms with van der Waals surface area (Å²) in [5.74, 6) is -1.63. The molecule has 0 saturated carbocycles. The molecular weight excluding hydrogens is 418 g/mol. The summed E-state index contributed by atoms with van der Waals surface area (Å²) in [6.07, 6.45) is 0. The molecule has 4 rings (SSSR count). The van der Waals surface area contributed by atoms with Crippen LogP contribution in [0.4, 0.5) is 20.2 Å². The van der Waals surface area contributed by atoms with Gasteiger partial charge in [0.1, 0.15) is 28.8 Å². The molecule has 3 aromatic carbocycles. The Morgan fingerprint density at radius 1 is 0.812 bits per heavy atom. The zero-order valence-corrected chi connectivity index (χ0v) is 17.2. The van der Waals surface area contributed by atoms with E-state index in [1.807, 2.05) is 0 Å². The van der Waals surface area contributed by atoms with Crippen molar-refractivity contribution in [2.24, 2.45) is 0 Å². The van der Waals surface area contributed by atoms with Gasteiger partial charge in [0.05, 0.1) is 25.5 Å². The second kappa shape index (κ2) is 8.50. The molecule has 3 aromatic rings. The third kappa shape index (κ3) is 3.78. The molecule has 1 N–H and O–H groups in total. The second-order valence-corrected chi connectivity index (χ2v) is 6.88. The number of carbonyl (C=O) groups is 2. The van der Waals surface area contributed by atoms with E-state index in [0.717, 1.165) is 4.90 Å². The summed E-state index contributed by atoms with van der Waals surface area (Å²) in [5, 5.41) is 2.85. The van der Waals surface area contributed by atoms with E-state index >= 15 is 0 Å². The van der Waals surface area contributed by atoms with Gasteiger partial charge in [-0.15, -0.1) is 0 Å². The molecule has 1 aliphatic rings. The molecule has 162 valence electrons. The van der Waals surface area contributed by atoms with Crippen molar-refractivity contribution in [2.75, 3.05) is 24.4 Å². The molecule has 32 heavy (non-hydrogen) atoms. The number of halogens is 2. The van der Waals surface area contributed by atoms with Crippen LogP contribution in [0.3, 0.4) is 0 Å². The van der Waals surface area contributed by atoms with E-state index in [0.29, 0.717) is 11.3 Å². The Kier molecular flexibility index (Phi) is 5.59. The van der Waals surface area contributed by atoms with Gasteiger partial charge >= 0.3 is 0 Å². The van der Waals surface area contributed by atoms with Crippen LogP contribution in [0.1, 0.15) is 5.56 Å². The molecule has 0 aliphatic carbocycles. The average Bonchev–Trinajstić information content (AvgIpc) is 3.03. The molecule has 0 fully saturated rings. The van der Waals surface area contributed by atoms with E-state index in [4.69, 9.17) is 9.47 Å². The SMILES string of the molecule is COc1ccc(OC)c(N2C(=O)C(Nc3cccc(F)c3)=C(c3ccc(F)cc3)C2=O)c1. The number of amides is 2. The van der Waals surface area contributed by atoms with Gasteiger partial charge in [0.25, 0.3) is 11.8 Å². The van der Waals surface area contributed by atoms with Gasteiger partial charge in [-0.2, -0.15) is 0 Å². The first-order chi connectivity index (χ1) is 15.4. The van der Waals surface area contributed by atoms with Crippen LogP contribution in [-0.4, -0.2) is 26.0 Å². The van der Waals surface area contributed by atoms with Crippen molar-refractivity contribution in [2.45, 2.75) is 0 Å². The number of nitrogens with one attached hydrogen (secondary N) is 1. The van der Waals surface area contributed by atoms with Crippen LogP contribution in [0.25, 0.3) is 5.57 Å². The third-order valence-electron chi connectivity index (χ3n) is 4.94. The van der Waals surface area contributed by atoms with Crippen LogP contribution in [-0.2, 0) is 9.59 Å². The number of hydrogen-bond donors (Lipinski definition) is 1. The van der Waals surface area contributed by atoms with Crippen LogP contribution < -0.4 is 19.7 Å². The number of anilines is 2. The molecular formula is C24H18F2N2O4. The van der Waals surface area contributed by atoms with Gasteiger partial charge in [0.2, 0.25) is 0 Å². The number of methoxy groups -OCH3 is 2. The summed E-state index contributed by atoms with van der Waals surface area (Å²) in [6, 6.07) is 15.4. The quantitative estimate of drug-likeness (QED) is 0.581. The standard InChI is InChI=1S/C24H18F2N2O4/c1-31-18-10-11-20(32-2)19(13-18)28-23(29)21(14-6-8-15(25)9-7-14)22(24(28)30)27-17-5-3-4-16(26)12-17/h3-13,27H,1-2H3. The van der Waals surface area contributed by atoms with Crippen LogP contribution in [0, 0.1) is 11.6 Å². The van der Waals surface area contributed by atoms with Crippen molar-refractivity contribution in [1.82, 2.24) is 0 Å². The summed E-state index contributed by atoms with van der Waals surface area (Å²) in [6.45, 7) is 0. The molecule has 1 heterocycles. The Balaban J connectivity index is 1.86. The maximum atomic E-state index is 13.7. The highest BCUT2D eigenvalue weighted by Crippen LogP contribution is 2.39. The van der Waals surface area contributed by atoms with E-state index in [1.54, 1.807) is 18.2 Å². The van der Waals surface area contributed by atoms with Gasteiger partial charge in [-0.25, -0.2) is 13.7 Å². The molecule has 0 bridgehead atoms. The molecule has 0 saturated heterocycles. The van der Waals surface area contributed by atoms with Crippen molar-refractivity contribution in [1.29, 1.82) is 0 Å². The Morgan fingerprint density at radius 3 is 2.22 bits per heavy atom. The van der Waals surface area contributed by atoms with Crippen LogP contribution in [0.15, 0.2) is 72.4 Å². The van der Waals surface area contributed by atoms with E-state index in [-0.39, 0.29) is 28.4 Å². The molecule has 1 aliphatic heterocycles. The fourth-order valence-electron chi connectivity index (χ4n) is 3.43. The summed E-state index contributed by atoms with van der Waals surface area (Å²) < 4.78 is 37.8. The van der Waals surface area contributed by atoms with Gasteiger partial charge in [-0.05, 0) is 48.0 Å². The molecule has 0 aromatic heterocycles. The lowest BCUT2D eigenvalue weighted by Gasteiger charge is -2.19. The molecule has 0 atom stereocenters. The number of rotatable bonds is 6. The van der Waals surface area contributed by atoms with Crippen molar-refractivity contribution >= 4 is 28.8 Å². The molecule has 0 spiro atoms. The number of nitrogens with zero attached hydrogens (tertiary/aromatic N) is 1. The monoisotopic (exact) mass is 436 g/mol. The maximum Gasteiger partial charge on any atom is 0.282 e. The predicted octanol–water partition coefficient (Wildman–Crippen LogP) is 4.38. The molecule has 2 amide bonds. The Bertz CT molecular complexity index is 1240. The van der Waals surface area contributed by atoms with E-state index in [2.05, 4.69) is 5.32 Å². The van der Waals surface area contributed by atoms with Crippen molar-refractivity contribution in [3.63, 3.8) is 0 Å². The first kappa shape index (κ1) is 21.0. The normalized spacial score (nSPS) is 13.6. The summed E-state index contributed by atoms with van der Waals surface area (Å²) in [5.41, 5.74) is 0.729. The van der Waals surface area contributed by atoms with Gasteiger partial charge in [0, 0.05) is 11.8 Å². The Morgan fingerprint density at radius 2 is 1.56 bits per heavy atom. The van der Waals surface area contributed by atoms with Gasteiger partial charge in [-0.1, -0.05) is 18.2 Å². The minimum atomic E-state index is -0.676. The number of benzene rings is 3. The van der Waals surface area contributed by atoms with Gasteiger partial charge in [-0.3, -0.25) is 9.59 Å². The zero-order valence-electron chi connectivity index (χ0n) is 17.2. The van der Waals surface area contributed by atoms with Crippen molar-refractivity contribution in [3.8, 4) is 11.5 Å². The highest BCUT2D eigenvalue weighted by Gasteiger charge is 2.41. The van der Waals surface area contributed by atoms with Gasteiger partial charge < -0.3 is 14.8 Å². The predicted molar refractivity (Wildman–Crippen MR) is 115 cm³/mol. The molecule has 0 unspecified atom stereocenters. The third-order valence-corrected chi connectivity index (χ3v) is 4.94. The molecule has 0 radical (unpaired) electrons. The molecule has 6 nitrogen and oxygen atoms in total. The van der Waals surface area contributed by atoms with E-state index in [1.165, 1.54) is 62.8 Å². The van der Waals surface area contributed by atoms with Crippen LogP contribution in [0.2, 0.25) is 0 Å². The fraction of sp³-hybridized carbons (Fsp3) is 0.0833. The van der Waals surface area contributed by atoms with Gasteiger partial charge in [0.15, 0.2) is 0 Å². The smallest absolute Gasteiger partial charge is 0.282 e. The highest BCUT2D eigenvalue weighted by molar-refractivity contribution is 6.46. The highest BCUT2D eigenvalue weighted by atomic mass is 19.1. The summed E-state index contributed by atoms with van der Waals surface area (Å²) >= 11 is 0. The fourth-order valence-corrected chi connectivity index (χ4v) is 3.43. The number of ether oxygens (including phenoxy) is 2. The second-order valence-electron chi connectivity index (χ2n) is 6.88. The minimum Gasteiger partial charge on any atom is -0.497 e. The Labute approximate surface area is 182 Å². The topological polar surface area (TPSA) is 67.9 Å². The zero-order chi connectivity index (χ0) is 22.8. The molecule has 8 heteroatoms. The lowest BCUT2D eigenvalue weighted by molar-refractivity contribution is -0.120. The van der Waals surface area contributed by atoms with Crippen LogP contribution >= 0.6 is 0 Å². The lowest BCUT2D eigenvalue weighted by Crippen LogP contribution is -2.32. The van der Waals surface area contributed by atoms with Crippen LogP contribution in [0.5, 0.6) is 11.5 Å². The van der Waals surface area contributed by atoms with Crippen molar-refractivity contribution in [3.05, 3.63) is 89.6 Å². The average molecular weight is 436 g/mol. The first-order valence-electron chi connectivity index (χ1n) is 9.56. The minimum absolute atomic E-state index is 0.0177. The largest absolute Gasteiger partial charge is 0.497 e. The first-order valence-corrected chi connectivity index (χ1v) is 9.56.